The molecule has 0 saturated heterocycles. The van der Waals surface area contributed by atoms with Gasteiger partial charge in [0.2, 0.25) is 0 Å². The van der Waals surface area contributed by atoms with Gasteiger partial charge in [-0.3, -0.25) is 0 Å². The molecule has 0 aliphatic heterocycles. The number of benzene rings is 8. The predicted molar refractivity (Wildman–Crippen MR) is 225 cm³/mol. The zero-order valence-electron chi connectivity index (χ0n) is 29.8. The van der Waals surface area contributed by atoms with Crippen molar-refractivity contribution in [2.75, 3.05) is 0 Å². The van der Waals surface area contributed by atoms with E-state index in [0.29, 0.717) is 17.5 Å². The summed E-state index contributed by atoms with van der Waals surface area (Å²) in [4.78, 5) is 14.9. The Hall–Kier alpha value is -7.43. The normalized spacial score (nSPS) is 11.3. The van der Waals surface area contributed by atoms with E-state index >= 15 is 0 Å². The summed E-state index contributed by atoms with van der Waals surface area (Å²) in [6.07, 6.45) is 0. The fraction of sp³-hybridized carbons (Fsp3) is 0. The predicted octanol–water partition coefficient (Wildman–Crippen LogP) is 13.4. The van der Waals surface area contributed by atoms with E-state index in [9.17, 15) is 0 Å². The number of aromatic nitrogens is 3. The number of hydrogen-bond acceptors (Lipinski definition) is 4. The minimum Gasteiger partial charge on any atom is -0.456 e. The summed E-state index contributed by atoms with van der Waals surface area (Å²) in [6, 6.07) is 69.5. The Morgan fingerprint density at radius 3 is 1.04 bits per heavy atom. The van der Waals surface area contributed by atoms with E-state index < -0.39 is 0 Å². The van der Waals surface area contributed by atoms with Crippen LogP contribution in [-0.4, -0.2) is 15.0 Å². The van der Waals surface area contributed by atoms with Crippen LogP contribution in [-0.2, 0) is 0 Å². The molecule has 2 heterocycles. The lowest BCUT2D eigenvalue weighted by Crippen LogP contribution is -2.00. The van der Waals surface area contributed by atoms with Crippen LogP contribution in [0.4, 0.5) is 0 Å². The van der Waals surface area contributed by atoms with Crippen LogP contribution >= 0.6 is 0 Å². The summed E-state index contributed by atoms with van der Waals surface area (Å²) in [7, 11) is 0. The highest BCUT2D eigenvalue weighted by Crippen LogP contribution is 2.38. The summed E-state index contributed by atoms with van der Waals surface area (Å²) >= 11 is 0. The third-order valence-electron chi connectivity index (χ3n) is 10.1. The molecule has 0 spiro atoms. The zero-order chi connectivity index (χ0) is 36.6. The van der Waals surface area contributed by atoms with Crippen LogP contribution in [0.2, 0.25) is 0 Å². The van der Waals surface area contributed by atoms with Gasteiger partial charge in [-0.2, -0.15) is 0 Å². The Kier molecular flexibility index (Phi) is 8.12. The van der Waals surface area contributed by atoms with Gasteiger partial charge >= 0.3 is 0 Å². The summed E-state index contributed by atoms with van der Waals surface area (Å²) in [6.45, 7) is 0. The summed E-state index contributed by atoms with van der Waals surface area (Å²) in [5, 5.41) is 2.11. The van der Waals surface area contributed by atoms with Crippen molar-refractivity contribution in [1.82, 2.24) is 15.0 Å². The van der Waals surface area contributed by atoms with Crippen LogP contribution < -0.4 is 0 Å². The van der Waals surface area contributed by atoms with Crippen LogP contribution in [0.25, 0.3) is 101 Å². The second-order valence-corrected chi connectivity index (χ2v) is 13.7. The Morgan fingerprint density at radius 2 is 0.545 bits per heavy atom. The first kappa shape index (κ1) is 32.2. The van der Waals surface area contributed by atoms with E-state index in [2.05, 4.69) is 158 Å². The molecule has 4 heteroatoms. The molecule has 55 heavy (non-hydrogen) atoms. The van der Waals surface area contributed by atoms with Crippen molar-refractivity contribution in [3.63, 3.8) is 0 Å². The molecule has 258 valence electrons. The Balaban J connectivity index is 1.05. The maximum absolute atomic E-state index is 6.62. The summed E-state index contributed by atoms with van der Waals surface area (Å²) in [5.74, 6) is 1.82. The summed E-state index contributed by atoms with van der Waals surface area (Å²) in [5.41, 5.74) is 13.5. The number of furan rings is 1. The molecule has 0 bridgehead atoms. The van der Waals surface area contributed by atoms with Crippen molar-refractivity contribution >= 4 is 21.9 Å². The van der Waals surface area contributed by atoms with E-state index in [1.165, 1.54) is 27.8 Å². The minimum absolute atomic E-state index is 0.588. The first-order chi connectivity index (χ1) is 27.2. The van der Waals surface area contributed by atoms with Gasteiger partial charge in [-0.15, -0.1) is 0 Å². The van der Waals surface area contributed by atoms with E-state index in [4.69, 9.17) is 19.4 Å². The molecule has 0 amide bonds. The lowest BCUT2D eigenvalue weighted by atomic mass is 9.93. The molecule has 2 aromatic heterocycles. The maximum Gasteiger partial charge on any atom is 0.164 e. The average molecular weight is 704 g/mol. The van der Waals surface area contributed by atoms with Gasteiger partial charge in [0, 0.05) is 27.5 Å². The van der Waals surface area contributed by atoms with Crippen molar-refractivity contribution in [3.05, 3.63) is 200 Å². The van der Waals surface area contributed by atoms with Gasteiger partial charge in [0.1, 0.15) is 11.2 Å². The van der Waals surface area contributed by atoms with E-state index in [1.54, 1.807) is 0 Å². The smallest absolute Gasteiger partial charge is 0.164 e. The SMILES string of the molecule is c1ccc(-c2ccc(-c3nc(-c4ccccc4)nc(-c4ccc5c(c4)oc4cc(-c6cc(-c7ccccc7)cc(-c7ccccc7)c6)ccc45)n3)cc2)cc1. The number of fused-ring (bicyclic) bond motifs is 3. The molecule has 0 unspecified atom stereocenters. The van der Waals surface area contributed by atoms with Crippen LogP contribution in [0.15, 0.2) is 205 Å². The molecule has 8 aromatic carbocycles. The van der Waals surface area contributed by atoms with Gasteiger partial charge in [-0.05, 0) is 87.0 Å². The van der Waals surface area contributed by atoms with Gasteiger partial charge in [0.15, 0.2) is 17.5 Å². The Morgan fingerprint density at radius 1 is 0.236 bits per heavy atom. The van der Waals surface area contributed by atoms with E-state index in [1.807, 2.05) is 42.5 Å². The lowest BCUT2D eigenvalue weighted by Gasteiger charge is -2.11. The molecule has 4 nitrogen and oxygen atoms in total. The Labute approximate surface area is 319 Å². The van der Waals surface area contributed by atoms with Crippen molar-refractivity contribution < 1.29 is 4.42 Å². The molecule has 0 saturated carbocycles. The highest BCUT2D eigenvalue weighted by Gasteiger charge is 2.16. The van der Waals surface area contributed by atoms with Gasteiger partial charge in [-0.1, -0.05) is 158 Å². The van der Waals surface area contributed by atoms with Gasteiger partial charge in [0.05, 0.1) is 0 Å². The van der Waals surface area contributed by atoms with Crippen LogP contribution in [0, 0.1) is 0 Å². The third kappa shape index (κ3) is 6.36. The zero-order valence-corrected chi connectivity index (χ0v) is 29.8. The molecule has 0 radical (unpaired) electrons. The highest BCUT2D eigenvalue weighted by atomic mass is 16.3. The van der Waals surface area contributed by atoms with Crippen molar-refractivity contribution in [2.45, 2.75) is 0 Å². The molecular formula is C51H33N3O. The lowest BCUT2D eigenvalue weighted by molar-refractivity contribution is 0.669. The Bertz CT molecular complexity index is 2880. The van der Waals surface area contributed by atoms with Crippen molar-refractivity contribution in [3.8, 4) is 78.7 Å². The maximum atomic E-state index is 6.62. The highest BCUT2D eigenvalue weighted by molar-refractivity contribution is 6.07. The quantitative estimate of drug-likeness (QED) is 0.166. The molecule has 0 atom stereocenters. The van der Waals surface area contributed by atoms with Gasteiger partial charge in [-0.25, -0.2) is 15.0 Å². The fourth-order valence-corrected chi connectivity index (χ4v) is 7.28. The molecule has 0 aliphatic rings. The average Bonchev–Trinajstić information content (AvgIpc) is 3.64. The number of hydrogen-bond donors (Lipinski definition) is 0. The fourth-order valence-electron chi connectivity index (χ4n) is 7.28. The molecule has 10 aromatic rings. The van der Waals surface area contributed by atoms with Gasteiger partial charge in [0.25, 0.3) is 0 Å². The summed E-state index contributed by atoms with van der Waals surface area (Å²) < 4.78 is 6.62. The second-order valence-electron chi connectivity index (χ2n) is 13.7. The van der Waals surface area contributed by atoms with Crippen LogP contribution in [0.1, 0.15) is 0 Å². The molecule has 0 N–H and O–H groups in total. The first-order valence-corrected chi connectivity index (χ1v) is 18.4. The first-order valence-electron chi connectivity index (χ1n) is 18.4. The topological polar surface area (TPSA) is 51.8 Å². The molecule has 10 rings (SSSR count). The molecule has 0 aliphatic carbocycles. The van der Waals surface area contributed by atoms with Crippen LogP contribution in [0.3, 0.4) is 0 Å². The third-order valence-corrected chi connectivity index (χ3v) is 10.1. The van der Waals surface area contributed by atoms with Gasteiger partial charge < -0.3 is 4.42 Å². The second kappa shape index (κ2) is 13.8. The van der Waals surface area contributed by atoms with E-state index in [0.717, 1.165) is 55.3 Å². The van der Waals surface area contributed by atoms with E-state index in [-0.39, 0.29) is 0 Å². The molecule has 0 fully saturated rings. The monoisotopic (exact) mass is 703 g/mol. The van der Waals surface area contributed by atoms with Crippen molar-refractivity contribution in [2.24, 2.45) is 0 Å². The van der Waals surface area contributed by atoms with Crippen molar-refractivity contribution in [1.29, 1.82) is 0 Å². The largest absolute Gasteiger partial charge is 0.456 e. The molecular weight excluding hydrogens is 671 g/mol. The minimum atomic E-state index is 0.588. The number of rotatable bonds is 7. The van der Waals surface area contributed by atoms with Crippen LogP contribution in [0.5, 0.6) is 0 Å². The number of nitrogens with zero attached hydrogens (tertiary/aromatic N) is 3. The standard InChI is InChI=1S/C51H33N3O/c1-5-13-34(14-6-1)37-21-23-39(24-22-37)50-52-49(38-19-11-4-12-20-38)53-51(54-50)41-26-28-46-45-27-25-40(32-47(45)55-48(46)33-41)44-30-42(35-15-7-2-8-16-35)29-43(31-44)36-17-9-3-10-18-36/h1-33H.